The Morgan fingerprint density at radius 2 is 2.13 bits per heavy atom. The highest BCUT2D eigenvalue weighted by Crippen LogP contribution is 2.15. The van der Waals surface area contributed by atoms with Crippen molar-refractivity contribution in [3.63, 3.8) is 0 Å². The van der Waals surface area contributed by atoms with Crippen molar-refractivity contribution in [1.82, 2.24) is 15.5 Å². The van der Waals surface area contributed by atoms with E-state index in [1.807, 2.05) is 13.8 Å². The van der Waals surface area contributed by atoms with Crippen LogP contribution in [0.3, 0.4) is 0 Å². The lowest BCUT2D eigenvalue weighted by Gasteiger charge is -2.36. The minimum Gasteiger partial charge on any atom is -0.494 e. The molecule has 0 aliphatic carbocycles. The predicted octanol–water partition coefficient (Wildman–Crippen LogP) is 2.27. The van der Waals surface area contributed by atoms with E-state index in [0.717, 1.165) is 12.8 Å². The standard InChI is InChI=1S/C22H31N3O5S/c1-4-5-11-29-17-8-6-7-16(12-17)20(27)24-22(31)25-10-9-23-21(28)18(25)13-19(26)30-14-15(2)3/h6-8,12,15,18H,4-5,9-11,13-14H2,1-3H3,(H,23,28)(H,24,27,31). The first kappa shape index (κ1) is 24.6. The maximum Gasteiger partial charge on any atom is 0.308 e. The number of hydrogen-bond acceptors (Lipinski definition) is 6. The zero-order chi connectivity index (χ0) is 22.8. The fraction of sp³-hybridized carbons (Fsp3) is 0.545. The number of esters is 1. The van der Waals surface area contributed by atoms with Gasteiger partial charge in [0.1, 0.15) is 11.8 Å². The molecule has 0 aromatic heterocycles. The van der Waals surface area contributed by atoms with Crippen molar-refractivity contribution in [3.05, 3.63) is 29.8 Å². The van der Waals surface area contributed by atoms with Gasteiger partial charge in [-0.15, -0.1) is 0 Å². The van der Waals surface area contributed by atoms with E-state index in [-0.39, 0.29) is 30.0 Å². The third-order valence-electron chi connectivity index (χ3n) is 4.61. The third-order valence-corrected chi connectivity index (χ3v) is 4.95. The summed E-state index contributed by atoms with van der Waals surface area (Å²) in [7, 11) is 0. The SMILES string of the molecule is CCCCOc1cccc(C(=O)NC(=S)N2CCNC(=O)C2CC(=O)OCC(C)C)c1. The van der Waals surface area contributed by atoms with Gasteiger partial charge < -0.3 is 19.7 Å². The highest BCUT2D eigenvalue weighted by molar-refractivity contribution is 7.80. The van der Waals surface area contributed by atoms with Crippen LogP contribution in [-0.2, 0) is 14.3 Å². The number of carbonyl (C=O) groups is 3. The molecule has 1 aromatic rings. The van der Waals surface area contributed by atoms with Crippen molar-refractivity contribution in [2.75, 3.05) is 26.3 Å². The number of thiocarbonyl (C=S) groups is 1. The summed E-state index contributed by atoms with van der Waals surface area (Å²) in [6, 6.07) is 6.01. The Labute approximate surface area is 188 Å². The molecule has 0 radical (unpaired) electrons. The average molecular weight is 450 g/mol. The largest absolute Gasteiger partial charge is 0.494 e. The van der Waals surface area contributed by atoms with Crippen LogP contribution < -0.4 is 15.4 Å². The van der Waals surface area contributed by atoms with Crippen LogP contribution in [0.25, 0.3) is 0 Å². The normalized spacial score (nSPS) is 15.9. The summed E-state index contributed by atoms with van der Waals surface area (Å²) in [6.07, 6.45) is 1.80. The van der Waals surface area contributed by atoms with E-state index >= 15 is 0 Å². The molecule has 31 heavy (non-hydrogen) atoms. The van der Waals surface area contributed by atoms with Crippen LogP contribution >= 0.6 is 12.2 Å². The Balaban J connectivity index is 2.01. The van der Waals surface area contributed by atoms with Gasteiger partial charge in [0.25, 0.3) is 5.91 Å². The second kappa shape index (κ2) is 12.2. The van der Waals surface area contributed by atoms with Gasteiger partial charge in [-0.3, -0.25) is 19.7 Å². The number of hydrogen-bond donors (Lipinski definition) is 2. The molecule has 2 N–H and O–H groups in total. The minimum atomic E-state index is -0.829. The number of nitrogens with zero attached hydrogens (tertiary/aromatic N) is 1. The van der Waals surface area contributed by atoms with Gasteiger partial charge in [-0.25, -0.2) is 0 Å². The monoisotopic (exact) mass is 449 g/mol. The molecule has 170 valence electrons. The zero-order valence-corrected chi connectivity index (χ0v) is 19.1. The fourth-order valence-electron chi connectivity index (χ4n) is 2.94. The molecule has 1 atom stereocenters. The molecule has 1 saturated heterocycles. The lowest BCUT2D eigenvalue weighted by molar-refractivity contribution is -0.148. The van der Waals surface area contributed by atoms with Crippen LogP contribution in [0.2, 0.25) is 0 Å². The van der Waals surface area contributed by atoms with E-state index in [0.29, 0.717) is 31.0 Å². The van der Waals surface area contributed by atoms with Crippen LogP contribution in [0.15, 0.2) is 24.3 Å². The molecule has 1 aliphatic heterocycles. The van der Waals surface area contributed by atoms with Crippen LogP contribution in [0.1, 0.15) is 50.4 Å². The van der Waals surface area contributed by atoms with E-state index in [4.69, 9.17) is 21.7 Å². The Morgan fingerprint density at radius 1 is 1.35 bits per heavy atom. The summed E-state index contributed by atoms with van der Waals surface area (Å²) in [4.78, 5) is 38.8. The maximum absolute atomic E-state index is 12.7. The van der Waals surface area contributed by atoms with Crippen LogP contribution in [0.5, 0.6) is 5.75 Å². The molecule has 1 aliphatic rings. The van der Waals surface area contributed by atoms with Gasteiger partial charge in [0.05, 0.1) is 19.6 Å². The Kier molecular flexibility index (Phi) is 9.71. The molecule has 2 rings (SSSR count). The van der Waals surface area contributed by atoms with Crippen molar-refractivity contribution >= 4 is 35.1 Å². The van der Waals surface area contributed by atoms with Gasteiger partial charge in [0.2, 0.25) is 5.91 Å². The highest BCUT2D eigenvalue weighted by Gasteiger charge is 2.34. The Morgan fingerprint density at radius 3 is 2.84 bits per heavy atom. The van der Waals surface area contributed by atoms with Crippen LogP contribution in [0, 0.1) is 5.92 Å². The summed E-state index contributed by atoms with van der Waals surface area (Å²) in [5.41, 5.74) is 0.394. The van der Waals surface area contributed by atoms with E-state index in [1.54, 1.807) is 29.2 Å². The number of benzene rings is 1. The van der Waals surface area contributed by atoms with Crippen LogP contribution in [-0.4, -0.2) is 60.1 Å². The summed E-state index contributed by atoms with van der Waals surface area (Å²) in [5.74, 6) is -0.405. The quantitative estimate of drug-likeness (QED) is 0.339. The van der Waals surface area contributed by atoms with Gasteiger partial charge in [-0.2, -0.15) is 0 Å². The maximum atomic E-state index is 12.7. The Hall–Kier alpha value is -2.68. The zero-order valence-electron chi connectivity index (χ0n) is 18.3. The lowest BCUT2D eigenvalue weighted by Crippen LogP contribution is -2.60. The van der Waals surface area contributed by atoms with Crippen molar-refractivity contribution in [2.45, 2.75) is 46.1 Å². The molecule has 1 aromatic carbocycles. The molecule has 1 unspecified atom stereocenters. The van der Waals surface area contributed by atoms with E-state index in [1.165, 1.54) is 0 Å². The molecule has 2 amide bonds. The van der Waals surface area contributed by atoms with Gasteiger partial charge in [-0.05, 0) is 42.8 Å². The summed E-state index contributed by atoms with van der Waals surface area (Å²) < 4.78 is 10.8. The molecule has 8 nitrogen and oxygen atoms in total. The van der Waals surface area contributed by atoms with Gasteiger partial charge in [0.15, 0.2) is 5.11 Å². The number of amides is 2. The topological polar surface area (TPSA) is 97.0 Å². The number of ether oxygens (including phenoxy) is 2. The van der Waals surface area contributed by atoms with Crippen molar-refractivity contribution < 1.29 is 23.9 Å². The Bertz CT molecular complexity index is 799. The molecular formula is C22H31N3O5S. The first-order valence-electron chi connectivity index (χ1n) is 10.6. The van der Waals surface area contributed by atoms with E-state index in [9.17, 15) is 14.4 Å². The molecule has 0 bridgehead atoms. The van der Waals surface area contributed by atoms with E-state index < -0.39 is 17.9 Å². The number of nitrogens with one attached hydrogen (secondary N) is 2. The molecule has 1 heterocycles. The summed E-state index contributed by atoms with van der Waals surface area (Å²) in [5, 5.41) is 5.49. The van der Waals surface area contributed by atoms with Crippen molar-refractivity contribution in [1.29, 1.82) is 0 Å². The molecule has 1 fully saturated rings. The smallest absolute Gasteiger partial charge is 0.308 e. The fourth-order valence-corrected chi connectivity index (χ4v) is 3.25. The van der Waals surface area contributed by atoms with Gasteiger partial charge in [0, 0.05) is 18.7 Å². The molecule has 0 saturated carbocycles. The van der Waals surface area contributed by atoms with Gasteiger partial charge in [-0.1, -0.05) is 33.3 Å². The van der Waals surface area contributed by atoms with Gasteiger partial charge >= 0.3 is 5.97 Å². The first-order chi connectivity index (χ1) is 14.8. The molecule has 0 spiro atoms. The number of piperazine rings is 1. The second-order valence-corrected chi connectivity index (χ2v) is 8.16. The summed E-state index contributed by atoms with van der Waals surface area (Å²) >= 11 is 5.39. The molecule has 9 heteroatoms. The number of rotatable bonds is 9. The number of unbranched alkanes of at least 4 members (excludes halogenated alkanes) is 1. The molecular weight excluding hydrogens is 418 g/mol. The highest BCUT2D eigenvalue weighted by atomic mass is 32.1. The van der Waals surface area contributed by atoms with E-state index in [2.05, 4.69) is 17.6 Å². The number of carbonyl (C=O) groups excluding carboxylic acids is 3. The first-order valence-corrected chi connectivity index (χ1v) is 11.0. The average Bonchev–Trinajstić information content (AvgIpc) is 2.74. The third kappa shape index (κ3) is 7.82. The minimum absolute atomic E-state index is 0.0961. The van der Waals surface area contributed by atoms with Crippen molar-refractivity contribution in [3.8, 4) is 5.75 Å². The van der Waals surface area contributed by atoms with Crippen molar-refractivity contribution in [2.24, 2.45) is 5.92 Å². The summed E-state index contributed by atoms with van der Waals surface area (Å²) in [6.45, 7) is 7.55. The second-order valence-electron chi connectivity index (χ2n) is 7.77. The lowest BCUT2D eigenvalue weighted by atomic mass is 10.1. The van der Waals surface area contributed by atoms with Crippen LogP contribution in [0.4, 0.5) is 0 Å². The predicted molar refractivity (Wildman–Crippen MR) is 121 cm³/mol.